The largest absolute Gasteiger partial charge is 0.490 e. The molecule has 78 heavy (non-hydrogen) atoms. The number of nitrogens with two attached hydrogens (primary N) is 1. The van der Waals surface area contributed by atoms with E-state index in [1.54, 1.807) is 31.0 Å². The van der Waals surface area contributed by atoms with Crippen molar-refractivity contribution in [1.29, 1.82) is 0 Å². The summed E-state index contributed by atoms with van der Waals surface area (Å²) in [5.74, 6) is -8.85. The highest BCUT2D eigenvalue weighted by Gasteiger charge is 2.39. The highest BCUT2D eigenvalue weighted by molar-refractivity contribution is 6.12. The van der Waals surface area contributed by atoms with Crippen LogP contribution in [0.3, 0.4) is 0 Å². The van der Waals surface area contributed by atoms with Crippen LogP contribution in [-0.4, -0.2) is 128 Å². The Kier molecular flexibility index (Phi) is 24.8. The summed E-state index contributed by atoms with van der Waals surface area (Å²) >= 11 is 0. The van der Waals surface area contributed by atoms with E-state index < -0.39 is 83.1 Å². The number of unbranched alkanes of at least 4 members (excludes halogenated alkanes) is 3. The minimum atomic E-state index is -5.08. The molecule has 2 heterocycles. The number of carboxylic acid groups (broad SMARTS) is 2. The first-order chi connectivity index (χ1) is 36.4. The van der Waals surface area contributed by atoms with Crippen molar-refractivity contribution in [3.8, 4) is 11.1 Å². The third-order valence-corrected chi connectivity index (χ3v) is 12.5. The molecule has 0 spiro atoms. The number of carbonyl (C=O) groups is 9. The maximum absolute atomic E-state index is 15.1. The Bertz CT molecular complexity index is 2600. The summed E-state index contributed by atoms with van der Waals surface area (Å²) in [6.45, 7) is 13.0. The Morgan fingerprint density at radius 2 is 1.40 bits per heavy atom. The number of imide groups is 1. The number of aliphatic carboxylic acids is 2. The third-order valence-electron chi connectivity index (χ3n) is 12.5. The van der Waals surface area contributed by atoms with Gasteiger partial charge in [-0.3, -0.25) is 38.5 Å². The van der Waals surface area contributed by atoms with Crippen molar-refractivity contribution in [3.05, 3.63) is 95.8 Å². The molecule has 0 unspecified atom stereocenters. The van der Waals surface area contributed by atoms with Gasteiger partial charge in [0.25, 0.3) is 11.8 Å². The molecule has 1 aromatic heterocycles. The van der Waals surface area contributed by atoms with Gasteiger partial charge < -0.3 is 46.7 Å². The summed E-state index contributed by atoms with van der Waals surface area (Å²) in [6.07, 6.45) is 1.45. The summed E-state index contributed by atoms with van der Waals surface area (Å²) in [6, 6.07) is 9.58. The maximum atomic E-state index is 15.1. The van der Waals surface area contributed by atoms with Gasteiger partial charge in [0.2, 0.25) is 29.5 Å². The SMILES string of the molecule is CC(=O)N(CC[C@H](N)C(=O)NCCCC[C@H](NC(=O)[C@H](C)NC(=O)[C@@H](NC(=O)CCCCCN1C(=O)C=CC1=O)C(C)C)C(=O)O)[C@@H](c1cc(-c2cc(F)ccc2F)cn1Cc1ccccc1)C(C)(C)C.O=C(O)C(F)(F)F. The van der Waals surface area contributed by atoms with Crippen LogP contribution >= 0.6 is 0 Å². The Morgan fingerprint density at radius 3 is 1.96 bits per heavy atom. The second kappa shape index (κ2) is 29.9. The molecule has 3 aromatic rings. The molecule has 0 radical (unpaired) electrons. The molecule has 428 valence electrons. The van der Waals surface area contributed by atoms with Crippen LogP contribution in [0.15, 0.2) is 72.9 Å². The Hall–Kier alpha value is -7.50. The number of nitrogens with zero attached hydrogens (tertiary/aromatic N) is 3. The van der Waals surface area contributed by atoms with E-state index in [1.807, 2.05) is 55.7 Å². The molecule has 0 fully saturated rings. The average Bonchev–Trinajstić information content (AvgIpc) is 3.91. The van der Waals surface area contributed by atoms with Gasteiger partial charge >= 0.3 is 18.1 Å². The van der Waals surface area contributed by atoms with Crippen LogP contribution in [0.2, 0.25) is 0 Å². The Labute approximate surface area is 449 Å². The quantitative estimate of drug-likeness (QED) is 0.0273. The van der Waals surface area contributed by atoms with Gasteiger partial charge in [0.1, 0.15) is 29.8 Å². The minimum Gasteiger partial charge on any atom is -0.480 e. The summed E-state index contributed by atoms with van der Waals surface area (Å²) in [5.41, 5.74) is 7.92. The van der Waals surface area contributed by atoms with Crippen molar-refractivity contribution in [2.45, 2.75) is 143 Å². The number of nitrogens with one attached hydrogen (secondary N) is 4. The van der Waals surface area contributed by atoms with E-state index in [0.717, 1.165) is 28.7 Å². The van der Waals surface area contributed by atoms with Crippen LogP contribution < -0.4 is 27.0 Å². The normalized spacial score (nSPS) is 14.4. The van der Waals surface area contributed by atoms with Gasteiger partial charge in [-0.25, -0.2) is 18.4 Å². The maximum Gasteiger partial charge on any atom is 0.490 e. The topological polar surface area (TPSA) is 280 Å². The fraction of sp³-hybridized carbons (Fsp3) is 0.500. The number of carboxylic acids is 2. The average molecular weight is 1100 g/mol. The summed E-state index contributed by atoms with van der Waals surface area (Å²) in [5, 5.41) is 27.5. The number of carbonyl (C=O) groups excluding carboxylic acids is 7. The van der Waals surface area contributed by atoms with Crippen molar-refractivity contribution in [1.82, 2.24) is 35.6 Å². The van der Waals surface area contributed by atoms with Crippen molar-refractivity contribution >= 4 is 53.3 Å². The molecule has 0 bridgehead atoms. The lowest BCUT2D eigenvalue weighted by Crippen LogP contribution is -2.56. The van der Waals surface area contributed by atoms with Gasteiger partial charge in [-0.15, -0.1) is 0 Å². The van der Waals surface area contributed by atoms with E-state index in [-0.39, 0.29) is 80.4 Å². The highest BCUT2D eigenvalue weighted by Crippen LogP contribution is 2.41. The zero-order valence-corrected chi connectivity index (χ0v) is 44.8. The lowest BCUT2D eigenvalue weighted by molar-refractivity contribution is -0.192. The minimum absolute atomic E-state index is 0.0111. The first kappa shape index (κ1) is 64.8. The molecule has 19 nitrogen and oxygen atoms in total. The molecule has 4 rings (SSSR count). The second-order valence-corrected chi connectivity index (χ2v) is 20.2. The van der Waals surface area contributed by atoms with Gasteiger partial charge in [-0.1, -0.05) is 71.4 Å². The molecule has 1 aliphatic heterocycles. The van der Waals surface area contributed by atoms with Crippen molar-refractivity contribution in [2.75, 3.05) is 19.6 Å². The number of halogens is 5. The molecular weight excluding hydrogens is 1030 g/mol. The second-order valence-electron chi connectivity index (χ2n) is 20.2. The number of hydrogen-bond donors (Lipinski definition) is 7. The molecule has 1 aliphatic rings. The lowest BCUT2D eigenvalue weighted by atomic mass is 9.82. The first-order valence-corrected chi connectivity index (χ1v) is 25.4. The molecule has 24 heteroatoms. The molecule has 0 saturated heterocycles. The van der Waals surface area contributed by atoms with E-state index >= 15 is 4.39 Å². The van der Waals surface area contributed by atoms with Gasteiger partial charge in [-0.2, -0.15) is 13.2 Å². The van der Waals surface area contributed by atoms with E-state index in [2.05, 4.69) is 21.3 Å². The molecule has 0 saturated carbocycles. The molecule has 7 amide bonds. The Balaban J connectivity index is 0.00000213. The third kappa shape index (κ3) is 20.5. The fourth-order valence-corrected chi connectivity index (χ4v) is 8.39. The highest BCUT2D eigenvalue weighted by atomic mass is 19.4. The lowest BCUT2D eigenvalue weighted by Gasteiger charge is -2.41. The van der Waals surface area contributed by atoms with E-state index in [1.165, 1.54) is 26.0 Å². The van der Waals surface area contributed by atoms with Gasteiger partial charge in [-0.05, 0) is 86.6 Å². The number of hydrogen-bond acceptors (Lipinski definition) is 10. The zero-order chi connectivity index (χ0) is 58.7. The number of alkyl halides is 3. The molecule has 5 atom stereocenters. The van der Waals surface area contributed by atoms with Crippen LogP contribution in [0.1, 0.15) is 117 Å². The monoisotopic (exact) mass is 1100 g/mol. The zero-order valence-electron chi connectivity index (χ0n) is 44.8. The number of amides is 7. The van der Waals surface area contributed by atoms with Gasteiger partial charge in [0.05, 0.1) is 12.1 Å². The van der Waals surface area contributed by atoms with E-state index in [0.29, 0.717) is 43.5 Å². The molecule has 0 aliphatic carbocycles. The van der Waals surface area contributed by atoms with Crippen LogP contribution in [-0.2, 0) is 49.7 Å². The summed E-state index contributed by atoms with van der Waals surface area (Å²) in [7, 11) is 0. The van der Waals surface area contributed by atoms with Crippen LogP contribution in [0.25, 0.3) is 11.1 Å². The first-order valence-electron chi connectivity index (χ1n) is 25.4. The molecule has 8 N–H and O–H groups in total. The van der Waals surface area contributed by atoms with Crippen LogP contribution in [0.5, 0.6) is 0 Å². The van der Waals surface area contributed by atoms with Crippen LogP contribution in [0.4, 0.5) is 22.0 Å². The summed E-state index contributed by atoms with van der Waals surface area (Å²) in [4.78, 5) is 113. The van der Waals surface area contributed by atoms with Crippen molar-refractivity contribution in [3.63, 3.8) is 0 Å². The van der Waals surface area contributed by atoms with Crippen LogP contribution in [0, 0.1) is 23.0 Å². The predicted octanol–water partition coefficient (Wildman–Crippen LogP) is 5.75. The standard InChI is InChI=1S/C52H70F2N8O9.C2HF3O2/c1-32(2)46(59-43(64)19-12-9-15-26-62-44(65)22-23-45(62)66)50(69)57-33(3)48(67)58-41(51(70)71)18-13-14-25-56-49(68)40(55)24-27-61(34(4)63)47(52(5,6)7)42-28-36(38-29-37(53)20-21-39(38)54)31-60(42)30-35-16-10-8-11-17-35;3-2(4,5)1(6)7/h8,10-11,16-17,20-23,28-29,31-33,40-41,46-47H,9,12-15,18-19,24-27,30,55H2,1-7H3,(H,56,68)(H,57,69)(H,58,67)(H,59,64)(H,70,71);(H,6,7)/t33-,40-,41-,46-,47-;/m0./s1. The molecule has 2 aromatic carbocycles. The van der Waals surface area contributed by atoms with Gasteiger partial charge in [0, 0.05) is 74.7 Å². The number of aromatic nitrogens is 1. The summed E-state index contributed by atoms with van der Waals surface area (Å²) < 4.78 is 63.2. The van der Waals surface area contributed by atoms with Crippen molar-refractivity contribution in [2.24, 2.45) is 17.1 Å². The van der Waals surface area contributed by atoms with E-state index in [9.17, 15) is 61.0 Å². The number of benzene rings is 2. The van der Waals surface area contributed by atoms with Crippen molar-refractivity contribution < 1.29 is 75.3 Å². The molecular formula is C54H71F5N8O11. The predicted molar refractivity (Wildman–Crippen MR) is 276 cm³/mol. The fourth-order valence-electron chi connectivity index (χ4n) is 8.39. The van der Waals surface area contributed by atoms with E-state index in [4.69, 9.17) is 15.6 Å². The Morgan fingerprint density at radius 1 is 0.769 bits per heavy atom. The van der Waals surface area contributed by atoms with Gasteiger partial charge in [0.15, 0.2) is 0 Å². The smallest absolute Gasteiger partial charge is 0.480 e. The number of rotatable bonds is 27.